The van der Waals surface area contributed by atoms with Crippen molar-refractivity contribution < 1.29 is 14.4 Å². The first-order chi connectivity index (χ1) is 15.1. The van der Waals surface area contributed by atoms with Crippen molar-refractivity contribution in [2.75, 3.05) is 4.90 Å². The summed E-state index contributed by atoms with van der Waals surface area (Å²) in [6.45, 7) is 5.53. The van der Waals surface area contributed by atoms with Crippen LogP contribution < -0.4 is 4.90 Å². The number of carbonyl (C=O) groups is 3. The first-order valence-electron chi connectivity index (χ1n) is 10.5. The van der Waals surface area contributed by atoms with E-state index in [1.165, 1.54) is 0 Å². The van der Waals surface area contributed by atoms with Crippen molar-refractivity contribution in [1.82, 2.24) is 4.90 Å². The van der Waals surface area contributed by atoms with E-state index in [0.29, 0.717) is 15.7 Å². The van der Waals surface area contributed by atoms with Gasteiger partial charge in [0.05, 0.1) is 23.6 Å². The minimum absolute atomic E-state index is 0.0637. The van der Waals surface area contributed by atoms with Crippen LogP contribution in [0, 0.1) is 17.3 Å². The topological polar surface area (TPSA) is 57.7 Å². The van der Waals surface area contributed by atoms with Gasteiger partial charge in [-0.1, -0.05) is 68.2 Å². The summed E-state index contributed by atoms with van der Waals surface area (Å²) in [5.74, 6) is -2.24. The van der Waals surface area contributed by atoms with Crippen molar-refractivity contribution in [3.8, 4) is 0 Å². The lowest BCUT2D eigenvalue weighted by Crippen LogP contribution is -2.47. The van der Waals surface area contributed by atoms with Crippen molar-refractivity contribution in [2.24, 2.45) is 17.3 Å². The number of halogens is 2. The van der Waals surface area contributed by atoms with Gasteiger partial charge in [0, 0.05) is 21.7 Å². The highest BCUT2D eigenvalue weighted by Gasteiger charge is 2.65. The van der Waals surface area contributed by atoms with E-state index in [1.807, 2.05) is 62.2 Å². The molecule has 0 aliphatic carbocycles. The zero-order valence-corrected chi connectivity index (χ0v) is 19.4. The Kier molecular flexibility index (Phi) is 4.77. The molecule has 0 bridgehead atoms. The molecule has 2 fully saturated rings. The van der Waals surface area contributed by atoms with E-state index in [9.17, 15) is 14.4 Å². The Morgan fingerprint density at radius 3 is 2.22 bits per heavy atom. The number of benzene rings is 2. The number of ketones is 1. The largest absolute Gasteiger partial charge is 0.359 e. The zero-order valence-electron chi connectivity index (χ0n) is 17.9. The monoisotopic (exact) mass is 468 g/mol. The van der Waals surface area contributed by atoms with Gasteiger partial charge in [0.1, 0.15) is 6.04 Å². The van der Waals surface area contributed by atoms with Crippen LogP contribution in [0.1, 0.15) is 37.9 Å². The molecule has 0 aromatic heterocycles. The van der Waals surface area contributed by atoms with E-state index in [-0.39, 0.29) is 17.6 Å². The molecule has 3 aliphatic rings. The summed E-state index contributed by atoms with van der Waals surface area (Å²) in [4.78, 5) is 44.2. The predicted molar refractivity (Wildman–Crippen MR) is 124 cm³/mol. The van der Waals surface area contributed by atoms with Crippen LogP contribution in [0.25, 0.3) is 6.08 Å². The molecule has 164 valence electrons. The molecule has 2 aromatic rings. The highest BCUT2D eigenvalue weighted by atomic mass is 35.5. The average molecular weight is 469 g/mol. The molecule has 0 spiro atoms. The Morgan fingerprint density at radius 1 is 0.938 bits per heavy atom. The lowest BCUT2D eigenvalue weighted by Gasteiger charge is -2.37. The SMILES string of the molecule is CC(C)(C)C(=O)[C@@H]1[C@@H]2C(=O)N(c3cc(Cl)cc(Cl)c3)C(=O)[C@H]2[C@H]2c3ccccc3C=CN12. The molecule has 0 unspecified atom stereocenters. The molecule has 3 heterocycles. The second-order valence-electron chi connectivity index (χ2n) is 9.59. The smallest absolute Gasteiger partial charge is 0.240 e. The summed E-state index contributed by atoms with van der Waals surface area (Å²) in [7, 11) is 0. The zero-order chi connectivity index (χ0) is 22.9. The third-order valence-electron chi connectivity index (χ3n) is 6.57. The number of Topliss-reactive ketones (excluding diaryl/α,β-unsaturated/α-hetero) is 1. The second-order valence-corrected chi connectivity index (χ2v) is 10.5. The molecule has 7 heteroatoms. The number of nitrogens with zero attached hydrogens (tertiary/aromatic N) is 2. The van der Waals surface area contributed by atoms with Crippen LogP contribution in [-0.2, 0) is 14.4 Å². The van der Waals surface area contributed by atoms with Crippen LogP contribution >= 0.6 is 23.2 Å². The van der Waals surface area contributed by atoms with Crippen LogP contribution in [-0.4, -0.2) is 28.5 Å². The summed E-state index contributed by atoms with van der Waals surface area (Å²) in [5.41, 5.74) is 1.59. The Balaban J connectivity index is 1.68. The molecule has 2 saturated heterocycles. The maximum absolute atomic E-state index is 13.8. The standard InChI is InChI=1S/C25H22Cl2N2O3/c1-25(2,3)22(30)21-19-18(20-17-7-5-4-6-13(17)8-9-28(20)21)23(31)29(24(19)32)16-11-14(26)10-15(27)12-16/h4-12,18-21H,1-3H3/t18-,19-,20-,21+/m1/s1. The number of hydrogen-bond acceptors (Lipinski definition) is 4. The van der Waals surface area contributed by atoms with E-state index in [0.717, 1.165) is 16.0 Å². The fourth-order valence-electron chi connectivity index (χ4n) is 5.22. The molecule has 2 amide bonds. The Bertz CT molecular complexity index is 1180. The van der Waals surface area contributed by atoms with Crippen molar-refractivity contribution >= 4 is 52.6 Å². The molecular formula is C25H22Cl2N2O3. The van der Waals surface area contributed by atoms with Crippen LogP contribution in [0.15, 0.2) is 48.7 Å². The number of imide groups is 1. The fraction of sp³-hybridized carbons (Fsp3) is 0.320. The minimum atomic E-state index is -0.784. The number of hydrogen-bond donors (Lipinski definition) is 0. The molecule has 4 atom stereocenters. The van der Waals surface area contributed by atoms with Gasteiger partial charge in [-0.25, -0.2) is 4.90 Å². The molecule has 5 nitrogen and oxygen atoms in total. The molecule has 3 aliphatic heterocycles. The van der Waals surface area contributed by atoms with Gasteiger partial charge in [-0.05, 0) is 35.4 Å². The number of fused-ring (bicyclic) bond motifs is 5. The van der Waals surface area contributed by atoms with Crippen LogP contribution in [0.4, 0.5) is 5.69 Å². The summed E-state index contributed by atoms with van der Waals surface area (Å²) in [6.07, 6.45) is 3.81. The molecule has 0 radical (unpaired) electrons. The molecule has 5 rings (SSSR count). The molecule has 0 saturated carbocycles. The molecule has 0 N–H and O–H groups in total. The molecule has 32 heavy (non-hydrogen) atoms. The number of anilines is 1. The fourth-order valence-corrected chi connectivity index (χ4v) is 5.74. The van der Waals surface area contributed by atoms with Crippen LogP contribution in [0.3, 0.4) is 0 Å². The third-order valence-corrected chi connectivity index (χ3v) is 7.01. The Hall–Kier alpha value is -2.63. The predicted octanol–water partition coefficient (Wildman–Crippen LogP) is 5.12. The van der Waals surface area contributed by atoms with Crippen molar-refractivity contribution in [2.45, 2.75) is 32.9 Å². The van der Waals surface area contributed by atoms with Gasteiger partial charge in [-0.2, -0.15) is 0 Å². The second kappa shape index (κ2) is 7.19. The van der Waals surface area contributed by atoms with E-state index in [1.54, 1.807) is 18.2 Å². The quantitative estimate of drug-likeness (QED) is 0.573. The first kappa shape index (κ1) is 21.2. The molecule has 2 aromatic carbocycles. The van der Waals surface area contributed by atoms with Crippen molar-refractivity contribution in [1.29, 1.82) is 0 Å². The van der Waals surface area contributed by atoms with Gasteiger partial charge in [-0.3, -0.25) is 14.4 Å². The number of carbonyl (C=O) groups excluding carboxylic acids is 3. The summed E-state index contributed by atoms with van der Waals surface area (Å²) >= 11 is 12.3. The normalized spacial score (nSPS) is 26.3. The maximum atomic E-state index is 13.8. The van der Waals surface area contributed by atoms with E-state index >= 15 is 0 Å². The maximum Gasteiger partial charge on any atom is 0.240 e. The van der Waals surface area contributed by atoms with Crippen LogP contribution in [0.2, 0.25) is 10.0 Å². The van der Waals surface area contributed by atoms with Crippen molar-refractivity contribution in [3.63, 3.8) is 0 Å². The third kappa shape index (κ3) is 3.02. The number of amides is 2. The van der Waals surface area contributed by atoms with Gasteiger partial charge >= 0.3 is 0 Å². The van der Waals surface area contributed by atoms with E-state index < -0.39 is 29.3 Å². The lowest BCUT2D eigenvalue weighted by molar-refractivity contribution is -0.135. The lowest BCUT2D eigenvalue weighted by atomic mass is 9.79. The van der Waals surface area contributed by atoms with Gasteiger partial charge in [-0.15, -0.1) is 0 Å². The Morgan fingerprint density at radius 2 is 1.56 bits per heavy atom. The van der Waals surface area contributed by atoms with E-state index in [2.05, 4.69) is 0 Å². The minimum Gasteiger partial charge on any atom is -0.359 e. The van der Waals surface area contributed by atoms with E-state index in [4.69, 9.17) is 23.2 Å². The van der Waals surface area contributed by atoms with Gasteiger partial charge in [0.2, 0.25) is 11.8 Å². The highest BCUT2D eigenvalue weighted by Crippen LogP contribution is 2.54. The average Bonchev–Trinajstić information content (AvgIpc) is 3.19. The number of rotatable bonds is 2. The Labute approximate surface area is 196 Å². The van der Waals surface area contributed by atoms with Crippen molar-refractivity contribution in [3.05, 3.63) is 69.8 Å². The summed E-state index contributed by atoms with van der Waals surface area (Å²) in [5, 5.41) is 0.667. The first-order valence-corrected chi connectivity index (χ1v) is 11.3. The van der Waals surface area contributed by atoms with Gasteiger partial charge in [0.15, 0.2) is 5.78 Å². The highest BCUT2D eigenvalue weighted by molar-refractivity contribution is 6.35. The van der Waals surface area contributed by atoms with Gasteiger partial charge < -0.3 is 4.90 Å². The van der Waals surface area contributed by atoms with Gasteiger partial charge in [0.25, 0.3) is 0 Å². The molecular weight excluding hydrogens is 447 g/mol. The summed E-state index contributed by atoms with van der Waals surface area (Å²) < 4.78 is 0. The summed E-state index contributed by atoms with van der Waals surface area (Å²) in [6, 6.07) is 11.3. The van der Waals surface area contributed by atoms with Crippen LogP contribution in [0.5, 0.6) is 0 Å².